The normalized spacial score (nSPS) is 14.8. The van der Waals surface area contributed by atoms with Gasteiger partial charge in [-0.3, -0.25) is 0 Å². The summed E-state index contributed by atoms with van der Waals surface area (Å²) in [5.74, 6) is -1.20. The van der Waals surface area contributed by atoms with E-state index in [2.05, 4.69) is 37.4 Å². The summed E-state index contributed by atoms with van der Waals surface area (Å²) in [7, 11) is 0. The number of hydrogen-bond donors (Lipinski definition) is 1. The lowest BCUT2D eigenvalue weighted by molar-refractivity contribution is -0.152. The summed E-state index contributed by atoms with van der Waals surface area (Å²) in [6.45, 7) is 2.87. The summed E-state index contributed by atoms with van der Waals surface area (Å²) < 4.78 is 10.8. The van der Waals surface area contributed by atoms with Crippen molar-refractivity contribution in [3.63, 3.8) is 0 Å². The molecule has 8 heteroatoms. The van der Waals surface area contributed by atoms with Crippen molar-refractivity contribution in [1.29, 1.82) is 0 Å². The fraction of sp³-hybridized carbons (Fsp3) is 0.294. The molecule has 1 aromatic heterocycles. The molecule has 1 heterocycles. The highest BCUT2D eigenvalue weighted by Crippen LogP contribution is 2.52. The Bertz CT molecular complexity index is 824. The van der Waals surface area contributed by atoms with Crippen LogP contribution in [0.3, 0.4) is 0 Å². The van der Waals surface area contributed by atoms with Crippen molar-refractivity contribution in [2.45, 2.75) is 24.7 Å². The maximum atomic E-state index is 11.6. The number of hydrogen-bond acceptors (Lipinski definition) is 6. The van der Waals surface area contributed by atoms with Crippen molar-refractivity contribution in [2.24, 2.45) is 0 Å². The molecule has 1 saturated carbocycles. The number of ether oxygens (including phenoxy) is 1. The Morgan fingerprint density at radius 3 is 2.60 bits per heavy atom. The standard InChI is InChI=1S/C17H15BrN2O5/c1-10(15(23)24-9-14(21)22)8-13-19-16(20-25-13)17(6-7-17)11-2-4-12(18)5-3-11/h2-5H,1,6-9H2,(H,21,22). The Hall–Kier alpha value is -2.48. The van der Waals surface area contributed by atoms with Gasteiger partial charge in [-0.25, -0.2) is 9.59 Å². The molecule has 0 amide bonds. The Morgan fingerprint density at radius 1 is 1.32 bits per heavy atom. The molecular formula is C17H15BrN2O5. The number of rotatable bonds is 7. The first kappa shape index (κ1) is 17.3. The van der Waals surface area contributed by atoms with Gasteiger partial charge in [0, 0.05) is 10.0 Å². The predicted octanol–water partition coefficient (Wildman–Crippen LogP) is 2.64. The summed E-state index contributed by atoms with van der Waals surface area (Å²) in [4.78, 5) is 26.4. The van der Waals surface area contributed by atoms with Gasteiger partial charge < -0.3 is 14.4 Å². The van der Waals surface area contributed by atoms with E-state index in [0.717, 1.165) is 22.9 Å². The second kappa shape index (κ2) is 6.79. The van der Waals surface area contributed by atoms with E-state index in [4.69, 9.17) is 9.63 Å². The molecule has 1 aliphatic rings. The predicted molar refractivity (Wildman–Crippen MR) is 89.9 cm³/mol. The minimum atomic E-state index is -1.23. The summed E-state index contributed by atoms with van der Waals surface area (Å²) in [5.41, 5.74) is 0.931. The molecule has 1 N–H and O–H groups in total. The second-order valence-electron chi connectivity index (χ2n) is 5.85. The molecule has 0 aliphatic heterocycles. The number of esters is 1. The van der Waals surface area contributed by atoms with Crippen LogP contribution in [0.15, 0.2) is 45.4 Å². The smallest absolute Gasteiger partial charge is 0.341 e. The molecule has 1 fully saturated rings. The molecular weight excluding hydrogens is 392 g/mol. The molecule has 7 nitrogen and oxygen atoms in total. The van der Waals surface area contributed by atoms with Crippen molar-refractivity contribution in [1.82, 2.24) is 10.1 Å². The number of carbonyl (C=O) groups excluding carboxylic acids is 1. The van der Waals surface area contributed by atoms with E-state index in [9.17, 15) is 9.59 Å². The van der Waals surface area contributed by atoms with Crippen LogP contribution in [0.5, 0.6) is 0 Å². The molecule has 2 aromatic rings. The van der Waals surface area contributed by atoms with Crippen LogP contribution >= 0.6 is 15.9 Å². The third-order valence-electron chi connectivity index (χ3n) is 4.02. The Labute approximate surface area is 151 Å². The molecule has 1 aromatic carbocycles. The molecule has 0 unspecified atom stereocenters. The SMILES string of the molecule is C=C(Cc1nc(C2(c3ccc(Br)cc3)CC2)no1)C(=O)OCC(=O)O. The van der Waals surface area contributed by atoms with Crippen LogP contribution in [0.1, 0.15) is 30.1 Å². The molecule has 0 atom stereocenters. The van der Waals surface area contributed by atoms with Gasteiger partial charge in [0.15, 0.2) is 12.4 Å². The summed E-state index contributed by atoms with van der Waals surface area (Å²) in [6.07, 6.45) is 1.87. The maximum Gasteiger partial charge on any atom is 0.341 e. The zero-order chi connectivity index (χ0) is 18.0. The summed E-state index contributed by atoms with van der Waals surface area (Å²) in [5, 5.41) is 12.6. The third kappa shape index (κ3) is 3.79. The second-order valence-corrected chi connectivity index (χ2v) is 6.77. The lowest BCUT2D eigenvalue weighted by atomic mass is 9.95. The van der Waals surface area contributed by atoms with Gasteiger partial charge in [-0.15, -0.1) is 0 Å². The number of carboxylic acid groups (broad SMARTS) is 1. The van der Waals surface area contributed by atoms with E-state index in [1.54, 1.807) is 0 Å². The average Bonchev–Trinajstić information content (AvgIpc) is 3.26. The first-order valence-corrected chi connectivity index (χ1v) is 8.36. The van der Waals surface area contributed by atoms with Crippen molar-refractivity contribution in [3.05, 3.63) is 58.2 Å². The van der Waals surface area contributed by atoms with Gasteiger partial charge in [0.2, 0.25) is 5.89 Å². The summed E-state index contributed by atoms with van der Waals surface area (Å²) >= 11 is 3.42. The largest absolute Gasteiger partial charge is 0.479 e. The van der Waals surface area contributed by atoms with Gasteiger partial charge in [-0.1, -0.05) is 39.8 Å². The monoisotopic (exact) mass is 406 g/mol. The minimum Gasteiger partial charge on any atom is -0.479 e. The van der Waals surface area contributed by atoms with Gasteiger partial charge in [0.05, 0.1) is 11.8 Å². The molecule has 0 spiro atoms. The lowest BCUT2D eigenvalue weighted by Crippen LogP contribution is -2.15. The maximum absolute atomic E-state index is 11.6. The number of nitrogens with zero attached hydrogens (tertiary/aromatic N) is 2. The van der Waals surface area contributed by atoms with Gasteiger partial charge in [0.1, 0.15) is 0 Å². The Morgan fingerprint density at radius 2 is 2.00 bits per heavy atom. The molecule has 0 radical (unpaired) electrons. The zero-order valence-electron chi connectivity index (χ0n) is 13.2. The van der Waals surface area contributed by atoms with E-state index >= 15 is 0 Å². The topological polar surface area (TPSA) is 103 Å². The third-order valence-corrected chi connectivity index (χ3v) is 4.55. The van der Waals surface area contributed by atoms with Crippen LogP contribution in [0.2, 0.25) is 0 Å². The van der Waals surface area contributed by atoms with Crippen LogP contribution in [0.25, 0.3) is 0 Å². The molecule has 1 aliphatic carbocycles. The fourth-order valence-electron chi connectivity index (χ4n) is 2.54. The van der Waals surface area contributed by atoms with Gasteiger partial charge >= 0.3 is 11.9 Å². The number of carboxylic acids is 1. The number of benzene rings is 1. The Kier molecular flexibility index (Phi) is 4.71. The van der Waals surface area contributed by atoms with Crippen LogP contribution in [0.4, 0.5) is 0 Å². The lowest BCUT2D eigenvalue weighted by Gasteiger charge is -2.10. The first-order valence-electron chi connectivity index (χ1n) is 7.56. The van der Waals surface area contributed by atoms with E-state index in [1.807, 2.05) is 24.3 Å². The number of halogens is 1. The quantitative estimate of drug-likeness (QED) is 0.556. The van der Waals surface area contributed by atoms with Crippen molar-refractivity contribution < 1.29 is 24.0 Å². The highest BCUT2D eigenvalue weighted by Gasteiger charge is 2.50. The average molecular weight is 407 g/mol. The molecule has 0 saturated heterocycles. The number of aliphatic carboxylic acids is 1. The Balaban J connectivity index is 1.68. The molecule has 3 rings (SSSR count). The first-order chi connectivity index (χ1) is 11.9. The van der Waals surface area contributed by atoms with E-state index in [0.29, 0.717) is 5.82 Å². The van der Waals surface area contributed by atoms with Gasteiger partial charge in [0.25, 0.3) is 0 Å². The van der Waals surface area contributed by atoms with Crippen LogP contribution in [0, 0.1) is 0 Å². The van der Waals surface area contributed by atoms with Crippen molar-refractivity contribution in [3.8, 4) is 0 Å². The fourth-order valence-corrected chi connectivity index (χ4v) is 2.80. The van der Waals surface area contributed by atoms with Crippen LogP contribution in [-0.4, -0.2) is 33.8 Å². The van der Waals surface area contributed by atoms with E-state index in [-0.39, 0.29) is 23.3 Å². The summed E-state index contributed by atoms with van der Waals surface area (Å²) in [6, 6.07) is 7.98. The number of aromatic nitrogens is 2. The van der Waals surface area contributed by atoms with Crippen LogP contribution < -0.4 is 0 Å². The highest BCUT2D eigenvalue weighted by atomic mass is 79.9. The highest BCUT2D eigenvalue weighted by molar-refractivity contribution is 9.10. The van der Waals surface area contributed by atoms with Crippen LogP contribution in [-0.2, 0) is 26.2 Å². The molecule has 130 valence electrons. The van der Waals surface area contributed by atoms with E-state index < -0.39 is 18.5 Å². The molecule has 25 heavy (non-hydrogen) atoms. The minimum absolute atomic E-state index is 0.0157. The van der Waals surface area contributed by atoms with Gasteiger partial charge in [-0.2, -0.15) is 4.98 Å². The van der Waals surface area contributed by atoms with Crippen molar-refractivity contribution in [2.75, 3.05) is 6.61 Å². The zero-order valence-corrected chi connectivity index (χ0v) is 14.8. The van der Waals surface area contributed by atoms with Crippen molar-refractivity contribution >= 4 is 27.9 Å². The molecule has 0 bridgehead atoms. The number of carbonyl (C=O) groups is 2. The van der Waals surface area contributed by atoms with E-state index in [1.165, 1.54) is 0 Å². The van der Waals surface area contributed by atoms with Gasteiger partial charge in [-0.05, 0) is 30.5 Å².